The quantitative estimate of drug-likeness (QED) is 0.615. The lowest BCUT2D eigenvalue weighted by Crippen LogP contribution is -2.26. The Kier molecular flexibility index (Phi) is 4.78. The predicted octanol–water partition coefficient (Wildman–Crippen LogP) is 1.97. The molecule has 0 fully saturated rings. The second-order valence-corrected chi connectivity index (χ2v) is 2.72. The monoisotopic (exact) mass is 128 g/mol. The van der Waals surface area contributed by atoms with Gasteiger partial charge in [-0.2, -0.15) is 0 Å². The highest BCUT2D eigenvalue weighted by Crippen LogP contribution is 2.10. The van der Waals surface area contributed by atoms with Gasteiger partial charge in [0.05, 0.1) is 0 Å². The Labute approximate surface area is 58.6 Å². The van der Waals surface area contributed by atoms with Gasteiger partial charge >= 0.3 is 0 Å². The van der Waals surface area contributed by atoms with Gasteiger partial charge in [-0.15, -0.1) is 0 Å². The minimum atomic E-state index is 0.310. The van der Waals surface area contributed by atoms with E-state index in [9.17, 15) is 0 Å². The molecule has 0 heterocycles. The first-order valence-corrected chi connectivity index (χ1v) is 3.77. The smallest absolute Gasteiger partial charge is 0.00645 e. The van der Waals surface area contributed by atoms with Crippen molar-refractivity contribution in [3.05, 3.63) is 6.92 Å². The molecule has 0 aromatic heterocycles. The fourth-order valence-corrected chi connectivity index (χ4v) is 0.954. The molecule has 0 saturated heterocycles. The van der Waals surface area contributed by atoms with Gasteiger partial charge in [-0.1, -0.05) is 27.2 Å². The molecule has 0 amide bonds. The highest BCUT2D eigenvalue weighted by molar-refractivity contribution is 4.68. The molecule has 2 atom stereocenters. The molecule has 0 spiro atoms. The highest BCUT2D eigenvalue weighted by atomic mass is 14.6. The van der Waals surface area contributed by atoms with Crippen LogP contribution in [-0.2, 0) is 0 Å². The summed E-state index contributed by atoms with van der Waals surface area (Å²) in [6, 6.07) is 0.310. The van der Waals surface area contributed by atoms with Gasteiger partial charge in [0.2, 0.25) is 0 Å². The molecule has 2 N–H and O–H groups in total. The third-order valence-electron chi connectivity index (χ3n) is 1.81. The molecule has 0 aliphatic carbocycles. The average Bonchev–Trinajstić information content (AvgIpc) is 1.87. The van der Waals surface area contributed by atoms with Gasteiger partial charge in [-0.05, 0) is 18.8 Å². The van der Waals surface area contributed by atoms with E-state index in [2.05, 4.69) is 20.8 Å². The van der Waals surface area contributed by atoms with Gasteiger partial charge in [0.1, 0.15) is 0 Å². The number of nitrogens with two attached hydrogens (primary N) is 1. The fourth-order valence-electron chi connectivity index (χ4n) is 0.954. The van der Waals surface area contributed by atoms with Crippen molar-refractivity contribution in [2.24, 2.45) is 11.7 Å². The maximum atomic E-state index is 5.74. The van der Waals surface area contributed by atoms with Crippen molar-refractivity contribution in [2.45, 2.75) is 39.2 Å². The van der Waals surface area contributed by atoms with Crippen molar-refractivity contribution in [3.8, 4) is 0 Å². The summed E-state index contributed by atoms with van der Waals surface area (Å²) < 4.78 is 0. The lowest BCUT2D eigenvalue weighted by Gasteiger charge is -2.16. The Morgan fingerprint density at radius 3 is 2.44 bits per heavy atom. The van der Waals surface area contributed by atoms with E-state index in [1.54, 1.807) is 0 Å². The van der Waals surface area contributed by atoms with Crippen LogP contribution in [0.25, 0.3) is 0 Å². The third-order valence-corrected chi connectivity index (χ3v) is 1.81. The van der Waals surface area contributed by atoms with E-state index < -0.39 is 0 Å². The van der Waals surface area contributed by atoms with Crippen LogP contribution < -0.4 is 5.73 Å². The van der Waals surface area contributed by atoms with Crippen LogP contribution in [-0.4, -0.2) is 6.04 Å². The second kappa shape index (κ2) is 4.80. The molecule has 1 heteroatoms. The molecule has 0 saturated carbocycles. The lowest BCUT2D eigenvalue weighted by molar-refractivity contribution is 0.423. The van der Waals surface area contributed by atoms with Gasteiger partial charge in [0.15, 0.2) is 0 Å². The van der Waals surface area contributed by atoms with Crippen LogP contribution in [0.1, 0.15) is 33.1 Å². The predicted molar refractivity (Wildman–Crippen MR) is 42.0 cm³/mol. The van der Waals surface area contributed by atoms with E-state index in [4.69, 9.17) is 5.73 Å². The van der Waals surface area contributed by atoms with E-state index >= 15 is 0 Å². The zero-order chi connectivity index (χ0) is 7.28. The van der Waals surface area contributed by atoms with Gasteiger partial charge in [0, 0.05) is 6.04 Å². The molecule has 0 aromatic carbocycles. The zero-order valence-corrected chi connectivity index (χ0v) is 6.56. The van der Waals surface area contributed by atoms with Crippen molar-refractivity contribution < 1.29 is 0 Å². The third kappa shape index (κ3) is 3.52. The molecular formula is C8H18N. The van der Waals surface area contributed by atoms with Crippen LogP contribution in [0.15, 0.2) is 0 Å². The van der Waals surface area contributed by atoms with Crippen LogP contribution in [0.2, 0.25) is 0 Å². The first-order chi connectivity index (χ1) is 4.22. The van der Waals surface area contributed by atoms with E-state index in [1.165, 1.54) is 12.8 Å². The Bertz CT molecular complexity index is 61.6. The molecule has 1 radical (unpaired) electrons. The second-order valence-electron chi connectivity index (χ2n) is 2.72. The minimum absolute atomic E-state index is 0.310. The molecule has 9 heavy (non-hydrogen) atoms. The van der Waals surface area contributed by atoms with Crippen LogP contribution >= 0.6 is 0 Å². The molecule has 0 aliphatic rings. The summed E-state index contributed by atoms with van der Waals surface area (Å²) in [5, 5.41) is 0. The molecule has 0 bridgehead atoms. The van der Waals surface area contributed by atoms with Crippen LogP contribution in [0, 0.1) is 12.8 Å². The minimum Gasteiger partial charge on any atom is -0.327 e. The Morgan fingerprint density at radius 2 is 2.11 bits per heavy atom. The van der Waals surface area contributed by atoms with E-state index in [0.717, 1.165) is 6.42 Å². The summed E-state index contributed by atoms with van der Waals surface area (Å²) in [5.74, 6) is 0.646. The van der Waals surface area contributed by atoms with Gasteiger partial charge in [-0.3, -0.25) is 0 Å². The SMILES string of the molecule is [CH2]C[C@@H](N)[C@H](C)CCC. The first kappa shape index (κ1) is 8.96. The Morgan fingerprint density at radius 1 is 1.56 bits per heavy atom. The molecule has 0 rings (SSSR count). The average molecular weight is 128 g/mol. The van der Waals surface area contributed by atoms with Gasteiger partial charge in [0.25, 0.3) is 0 Å². The Hall–Kier alpha value is -0.0400. The van der Waals surface area contributed by atoms with E-state index in [-0.39, 0.29) is 0 Å². The van der Waals surface area contributed by atoms with Crippen LogP contribution in [0.4, 0.5) is 0 Å². The summed E-state index contributed by atoms with van der Waals surface area (Å²) in [6.45, 7) is 8.14. The lowest BCUT2D eigenvalue weighted by atomic mass is 9.96. The van der Waals surface area contributed by atoms with E-state index in [1.807, 2.05) is 0 Å². The van der Waals surface area contributed by atoms with Crippen LogP contribution in [0.3, 0.4) is 0 Å². The van der Waals surface area contributed by atoms with Crippen molar-refractivity contribution in [1.82, 2.24) is 0 Å². The summed E-state index contributed by atoms with van der Waals surface area (Å²) in [7, 11) is 0. The number of hydrogen-bond acceptors (Lipinski definition) is 1. The maximum Gasteiger partial charge on any atom is 0.00645 e. The molecule has 1 nitrogen and oxygen atoms in total. The van der Waals surface area contributed by atoms with Crippen molar-refractivity contribution in [1.29, 1.82) is 0 Å². The molecule has 0 unspecified atom stereocenters. The van der Waals surface area contributed by atoms with Crippen molar-refractivity contribution >= 4 is 0 Å². The van der Waals surface area contributed by atoms with Crippen molar-refractivity contribution in [2.75, 3.05) is 0 Å². The van der Waals surface area contributed by atoms with Crippen molar-refractivity contribution in [3.63, 3.8) is 0 Å². The summed E-state index contributed by atoms with van der Waals surface area (Å²) in [6.07, 6.45) is 3.33. The van der Waals surface area contributed by atoms with Crippen LogP contribution in [0.5, 0.6) is 0 Å². The summed E-state index contributed by atoms with van der Waals surface area (Å²) >= 11 is 0. The highest BCUT2D eigenvalue weighted by Gasteiger charge is 2.07. The van der Waals surface area contributed by atoms with E-state index in [0.29, 0.717) is 12.0 Å². The topological polar surface area (TPSA) is 26.0 Å². The number of hydrogen-bond donors (Lipinski definition) is 1. The van der Waals surface area contributed by atoms with Gasteiger partial charge < -0.3 is 5.73 Å². The fraction of sp³-hybridized carbons (Fsp3) is 0.875. The molecule has 55 valence electrons. The molecule has 0 aromatic rings. The molecule has 0 aliphatic heterocycles. The zero-order valence-electron chi connectivity index (χ0n) is 6.56. The number of rotatable bonds is 4. The first-order valence-electron chi connectivity index (χ1n) is 3.77. The van der Waals surface area contributed by atoms with Gasteiger partial charge in [-0.25, -0.2) is 0 Å². The summed E-state index contributed by atoms with van der Waals surface area (Å²) in [5.41, 5.74) is 5.74. The standard InChI is InChI=1S/C8H18N/c1-4-6-7(3)8(9)5-2/h7-8H,2,4-6,9H2,1,3H3/t7-,8-/m1/s1. The summed E-state index contributed by atoms with van der Waals surface area (Å²) in [4.78, 5) is 0. The molecular weight excluding hydrogens is 110 g/mol. The largest absolute Gasteiger partial charge is 0.327 e. The maximum absolute atomic E-state index is 5.74. The normalized spacial score (nSPS) is 17.3. The Balaban J connectivity index is 3.32.